The SMILES string of the molecule is C=CC(=O)OC(=O)C(CC)CCCC. The molecular weight excluding hydrogens is 180 g/mol. The summed E-state index contributed by atoms with van der Waals surface area (Å²) in [5, 5.41) is 0. The molecule has 14 heavy (non-hydrogen) atoms. The van der Waals surface area contributed by atoms with Gasteiger partial charge < -0.3 is 4.74 Å². The van der Waals surface area contributed by atoms with Gasteiger partial charge in [-0.05, 0) is 12.8 Å². The Morgan fingerprint density at radius 1 is 1.43 bits per heavy atom. The summed E-state index contributed by atoms with van der Waals surface area (Å²) < 4.78 is 4.55. The van der Waals surface area contributed by atoms with Crippen LogP contribution in [0, 0.1) is 5.92 Å². The van der Waals surface area contributed by atoms with Gasteiger partial charge in [-0.3, -0.25) is 4.79 Å². The van der Waals surface area contributed by atoms with Gasteiger partial charge in [0.15, 0.2) is 0 Å². The molecule has 0 amide bonds. The summed E-state index contributed by atoms with van der Waals surface area (Å²) >= 11 is 0. The second-order valence-electron chi connectivity index (χ2n) is 3.19. The van der Waals surface area contributed by atoms with Gasteiger partial charge in [0.2, 0.25) is 0 Å². The number of esters is 2. The summed E-state index contributed by atoms with van der Waals surface area (Å²) in [4.78, 5) is 22.1. The van der Waals surface area contributed by atoms with Crippen molar-refractivity contribution in [3.8, 4) is 0 Å². The summed E-state index contributed by atoms with van der Waals surface area (Å²) in [6.07, 6.45) is 4.53. The van der Waals surface area contributed by atoms with Crippen molar-refractivity contribution < 1.29 is 14.3 Å². The number of unbranched alkanes of at least 4 members (excludes halogenated alkanes) is 1. The second-order valence-corrected chi connectivity index (χ2v) is 3.19. The highest BCUT2D eigenvalue weighted by molar-refractivity contribution is 5.92. The Kier molecular flexibility index (Phi) is 6.72. The van der Waals surface area contributed by atoms with E-state index in [0.717, 1.165) is 25.3 Å². The van der Waals surface area contributed by atoms with Crippen LogP contribution < -0.4 is 0 Å². The minimum Gasteiger partial charge on any atom is -0.390 e. The van der Waals surface area contributed by atoms with Gasteiger partial charge in [-0.2, -0.15) is 0 Å². The molecule has 0 aliphatic carbocycles. The molecule has 0 aliphatic heterocycles. The third-order valence-electron chi connectivity index (χ3n) is 2.10. The highest BCUT2D eigenvalue weighted by Crippen LogP contribution is 2.14. The molecule has 0 rings (SSSR count). The average Bonchev–Trinajstić information content (AvgIpc) is 2.18. The lowest BCUT2D eigenvalue weighted by Gasteiger charge is -2.11. The van der Waals surface area contributed by atoms with E-state index in [1.165, 1.54) is 0 Å². The molecule has 0 bridgehead atoms. The van der Waals surface area contributed by atoms with Gasteiger partial charge >= 0.3 is 11.9 Å². The molecule has 0 heterocycles. The fourth-order valence-corrected chi connectivity index (χ4v) is 1.16. The molecule has 0 aromatic heterocycles. The lowest BCUT2D eigenvalue weighted by Crippen LogP contribution is -2.19. The average molecular weight is 198 g/mol. The Hall–Kier alpha value is -1.12. The number of rotatable bonds is 6. The van der Waals surface area contributed by atoms with Crippen molar-refractivity contribution in [2.75, 3.05) is 0 Å². The third-order valence-corrected chi connectivity index (χ3v) is 2.10. The van der Waals surface area contributed by atoms with Crippen LogP contribution in [0.3, 0.4) is 0 Å². The van der Waals surface area contributed by atoms with Crippen molar-refractivity contribution in [1.29, 1.82) is 0 Å². The van der Waals surface area contributed by atoms with Gasteiger partial charge in [0.25, 0.3) is 0 Å². The van der Waals surface area contributed by atoms with E-state index in [2.05, 4.69) is 18.2 Å². The van der Waals surface area contributed by atoms with E-state index >= 15 is 0 Å². The molecule has 0 aromatic carbocycles. The number of carbonyl (C=O) groups is 2. The largest absolute Gasteiger partial charge is 0.390 e. The van der Waals surface area contributed by atoms with Crippen LogP contribution in [0.1, 0.15) is 39.5 Å². The van der Waals surface area contributed by atoms with Crippen molar-refractivity contribution in [2.45, 2.75) is 39.5 Å². The van der Waals surface area contributed by atoms with Crippen LogP contribution in [0.25, 0.3) is 0 Å². The maximum atomic E-state index is 11.4. The summed E-state index contributed by atoms with van der Waals surface area (Å²) in [6, 6.07) is 0. The molecule has 0 saturated carbocycles. The maximum Gasteiger partial charge on any atom is 0.337 e. The summed E-state index contributed by atoms with van der Waals surface area (Å²) in [5.74, 6) is -1.24. The van der Waals surface area contributed by atoms with E-state index in [1.54, 1.807) is 0 Å². The molecule has 1 unspecified atom stereocenters. The Morgan fingerprint density at radius 2 is 2.07 bits per heavy atom. The van der Waals surface area contributed by atoms with Crippen LogP contribution in [0.4, 0.5) is 0 Å². The first-order chi connectivity index (χ1) is 6.65. The Labute approximate surface area is 85.1 Å². The normalized spacial score (nSPS) is 11.9. The first-order valence-corrected chi connectivity index (χ1v) is 5.03. The number of ether oxygens (including phenoxy) is 1. The first kappa shape index (κ1) is 12.9. The number of hydrogen-bond donors (Lipinski definition) is 0. The lowest BCUT2D eigenvalue weighted by molar-refractivity contribution is -0.159. The Balaban J connectivity index is 4.03. The second kappa shape index (κ2) is 7.30. The Morgan fingerprint density at radius 3 is 2.50 bits per heavy atom. The quantitative estimate of drug-likeness (QED) is 0.374. The zero-order valence-corrected chi connectivity index (χ0v) is 8.91. The van der Waals surface area contributed by atoms with Crippen LogP contribution in [-0.4, -0.2) is 11.9 Å². The fourth-order valence-electron chi connectivity index (χ4n) is 1.16. The molecule has 0 aromatic rings. The molecular formula is C11H18O3. The topological polar surface area (TPSA) is 43.4 Å². The van der Waals surface area contributed by atoms with Gasteiger partial charge in [-0.15, -0.1) is 0 Å². The summed E-state index contributed by atoms with van der Waals surface area (Å²) in [6.45, 7) is 7.21. The van der Waals surface area contributed by atoms with Crippen LogP contribution in [0.15, 0.2) is 12.7 Å². The van der Waals surface area contributed by atoms with Crippen LogP contribution in [0.2, 0.25) is 0 Å². The van der Waals surface area contributed by atoms with E-state index in [0.29, 0.717) is 6.42 Å². The molecule has 0 saturated heterocycles. The number of hydrogen-bond acceptors (Lipinski definition) is 3. The van der Waals surface area contributed by atoms with E-state index in [1.807, 2.05) is 6.92 Å². The number of carbonyl (C=O) groups excluding carboxylic acids is 2. The zero-order valence-electron chi connectivity index (χ0n) is 8.91. The maximum absolute atomic E-state index is 11.4. The molecule has 3 heteroatoms. The van der Waals surface area contributed by atoms with Crippen LogP contribution in [0.5, 0.6) is 0 Å². The standard InChI is InChI=1S/C11H18O3/c1-4-7-8-9(5-2)11(13)14-10(12)6-3/h6,9H,3-5,7-8H2,1-2H3. The fraction of sp³-hybridized carbons (Fsp3) is 0.636. The van der Waals surface area contributed by atoms with Crippen LogP contribution >= 0.6 is 0 Å². The first-order valence-electron chi connectivity index (χ1n) is 5.03. The molecule has 80 valence electrons. The highest BCUT2D eigenvalue weighted by atomic mass is 16.6. The van der Waals surface area contributed by atoms with Crippen molar-refractivity contribution in [3.05, 3.63) is 12.7 Å². The third kappa shape index (κ3) is 4.80. The van der Waals surface area contributed by atoms with Gasteiger partial charge in [0, 0.05) is 6.08 Å². The van der Waals surface area contributed by atoms with E-state index in [4.69, 9.17) is 0 Å². The van der Waals surface area contributed by atoms with Gasteiger partial charge in [0.1, 0.15) is 0 Å². The Bertz CT molecular complexity index is 209. The van der Waals surface area contributed by atoms with Crippen molar-refractivity contribution in [1.82, 2.24) is 0 Å². The van der Waals surface area contributed by atoms with Crippen LogP contribution in [-0.2, 0) is 14.3 Å². The minimum absolute atomic E-state index is 0.154. The zero-order chi connectivity index (χ0) is 11.0. The highest BCUT2D eigenvalue weighted by Gasteiger charge is 2.19. The molecule has 0 spiro atoms. The molecule has 0 aliphatic rings. The van der Waals surface area contributed by atoms with Crippen molar-refractivity contribution >= 4 is 11.9 Å². The molecule has 1 atom stereocenters. The van der Waals surface area contributed by atoms with E-state index in [-0.39, 0.29) is 5.92 Å². The molecule has 0 N–H and O–H groups in total. The summed E-state index contributed by atoms with van der Waals surface area (Å²) in [7, 11) is 0. The molecule has 0 fully saturated rings. The predicted octanol–water partition coefficient (Wildman–Crippen LogP) is 2.46. The molecule has 3 nitrogen and oxygen atoms in total. The molecule has 0 radical (unpaired) electrons. The summed E-state index contributed by atoms with van der Waals surface area (Å²) in [5.41, 5.74) is 0. The van der Waals surface area contributed by atoms with Crippen molar-refractivity contribution in [3.63, 3.8) is 0 Å². The van der Waals surface area contributed by atoms with E-state index < -0.39 is 11.9 Å². The van der Waals surface area contributed by atoms with Gasteiger partial charge in [-0.25, -0.2) is 4.79 Å². The monoisotopic (exact) mass is 198 g/mol. The van der Waals surface area contributed by atoms with E-state index in [9.17, 15) is 9.59 Å². The van der Waals surface area contributed by atoms with Gasteiger partial charge in [0.05, 0.1) is 5.92 Å². The predicted molar refractivity (Wildman–Crippen MR) is 54.6 cm³/mol. The van der Waals surface area contributed by atoms with Gasteiger partial charge in [-0.1, -0.05) is 33.3 Å². The smallest absolute Gasteiger partial charge is 0.337 e. The minimum atomic E-state index is -0.662. The lowest BCUT2D eigenvalue weighted by atomic mass is 10.00. The van der Waals surface area contributed by atoms with Crippen molar-refractivity contribution in [2.24, 2.45) is 5.92 Å².